The maximum Gasteiger partial charge on any atom is 0.417 e. The molecule has 0 spiro atoms. The van der Waals surface area contributed by atoms with Crippen LogP contribution in [-0.2, 0) is 24.7 Å². The van der Waals surface area contributed by atoms with Crippen molar-refractivity contribution in [3.05, 3.63) is 95.1 Å². The maximum atomic E-state index is 13.6. The number of benzene rings is 4. The molecule has 0 saturated carbocycles. The fourth-order valence-electron chi connectivity index (χ4n) is 4.65. The first-order valence-corrected chi connectivity index (χ1v) is 13.1. The highest BCUT2D eigenvalue weighted by Crippen LogP contribution is 2.42. The molecule has 0 radical (unpaired) electrons. The predicted octanol–water partition coefficient (Wildman–Crippen LogP) is 10.3. The van der Waals surface area contributed by atoms with Crippen LogP contribution < -0.4 is 0 Å². The molecule has 48 heavy (non-hydrogen) atoms. The van der Waals surface area contributed by atoms with Gasteiger partial charge in [-0.3, -0.25) is 0 Å². The van der Waals surface area contributed by atoms with E-state index in [0.29, 0.717) is 35.0 Å². The minimum Gasteiger partial charge on any atom is -0.334 e. The first-order chi connectivity index (χ1) is 22.3. The molecule has 0 fully saturated rings. The lowest BCUT2D eigenvalue weighted by Gasteiger charge is -2.13. The third-order valence-electron chi connectivity index (χ3n) is 6.93. The van der Waals surface area contributed by atoms with E-state index < -0.39 is 69.8 Å². The summed E-state index contributed by atoms with van der Waals surface area (Å²) in [5.41, 5.74) is -7.14. The second-order valence-electron chi connectivity index (χ2n) is 10.2. The molecule has 2 aromatic heterocycles. The summed E-state index contributed by atoms with van der Waals surface area (Å²) in [6.07, 6.45) is -20.4. The van der Waals surface area contributed by atoms with Gasteiger partial charge in [-0.25, -0.2) is 0 Å². The highest BCUT2D eigenvalue weighted by molar-refractivity contribution is 5.89. The molecule has 6 nitrogen and oxygen atoms in total. The molecule has 6 rings (SSSR count). The van der Waals surface area contributed by atoms with Crippen molar-refractivity contribution in [1.29, 1.82) is 0 Å². The zero-order chi connectivity index (χ0) is 34.8. The van der Waals surface area contributed by atoms with Crippen molar-refractivity contribution in [3.8, 4) is 45.7 Å². The molecule has 0 saturated heterocycles. The van der Waals surface area contributed by atoms with E-state index in [9.17, 15) is 52.7 Å². The number of rotatable bonds is 4. The van der Waals surface area contributed by atoms with Crippen LogP contribution >= 0.6 is 0 Å². The molecule has 0 unspecified atom stereocenters. The fourth-order valence-corrected chi connectivity index (χ4v) is 4.65. The lowest BCUT2D eigenvalue weighted by Crippen LogP contribution is -2.12. The van der Waals surface area contributed by atoms with Crippen molar-refractivity contribution < 1.29 is 61.7 Å². The summed E-state index contributed by atoms with van der Waals surface area (Å²) in [5, 5.41) is 8.19. The quantitative estimate of drug-likeness (QED) is 0.172. The van der Waals surface area contributed by atoms with Gasteiger partial charge >= 0.3 is 24.7 Å². The minimum atomic E-state index is -5.18. The Bertz CT molecular complexity index is 2130. The van der Waals surface area contributed by atoms with Crippen molar-refractivity contribution in [1.82, 2.24) is 20.3 Å². The largest absolute Gasteiger partial charge is 0.417 e. The average Bonchev–Trinajstić information content (AvgIpc) is 3.69. The van der Waals surface area contributed by atoms with Gasteiger partial charge in [0.1, 0.15) is 0 Å². The molecule has 0 N–H and O–H groups in total. The molecule has 248 valence electrons. The standard InChI is InChI=1S/C30H12F12N4O2/c31-27(32,33)18-5-6-21(22(12-18)30(40,41)42)26-44-23(45-48-26)15-3-1-14-8-16(4-2-13(14)7-15)25-43-24(46-47-25)17-9-19(28(34,35)36)11-20(10-17)29(37,38)39/h1-12H. The number of hydrogen-bond donors (Lipinski definition) is 0. The first-order valence-electron chi connectivity index (χ1n) is 13.1. The molecule has 0 atom stereocenters. The Balaban J connectivity index is 1.30. The summed E-state index contributed by atoms with van der Waals surface area (Å²) in [6.45, 7) is 0. The molecule has 0 aliphatic carbocycles. The van der Waals surface area contributed by atoms with E-state index >= 15 is 0 Å². The van der Waals surface area contributed by atoms with Crippen molar-refractivity contribution in [3.63, 3.8) is 0 Å². The van der Waals surface area contributed by atoms with E-state index in [1.807, 2.05) is 0 Å². The minimum absolute atomic E-state index is 0.0357. The molecule has 6 aromatic rings. The van der Waals surface area contributed by atoms with Crippen LogP contribution in [0.25, 0.3) is 56.5 Å². The van der Waals surface area contributed by atoms with Crippen molar-refractivity contribution in [2.45, 2.75) is 24.7 Å². The van der Waals surface area contributed by atoms with Crippen LogP contribution in [0.2, 0.25) is 0 Å². The first kappa shape index (κ1) is 32.5. The van der Waals surface area contributed by atoms with Gasteiger partial charge in [0.2, 0.25) is 11.6 Å². The second-order valence-corrected chi connectivity index (χ2v) is 10.2. The third-order valence-corrected chi connectivity index (χ3v) is 6.93. The summed E-state index contributed by atoms with van der Waals surface area (Å²) in [4.78, 5) is 7.89. The van der Waals surface area contributed by atoms with E-state index in [1.165, 1.54) is 36.4 Å². The van der Waals surface area contributed by atoms with Crippen molar-refractivity contribution in [2.24, 2.45) is 0 Å². The van der Waals surface area contributed by atoms with Gasteiger partial charge in [0.05, 0.1) is 27.8 Å². The van der Waals surface area contributed by atoms with E-state index in [2.05, 4.69) is 20.3 Å². The van der Waals surface area contributed by atoms with Crippen LogP contribution in [-0.4, -0.2) is 20.3 Å². The summed E-state index contributed by atoms with van der Waals surface area (Å²) in [5.74, 6) is -1.64. The highest BCUT2D eigenvalue weighted by atomic mass is 19.4. The van der Waals surface area contributed by atoms with Gasteiger partial charge in [0.25, 0.3) is 11.8 Å². The third kappa shape index (κ3) is 6.41. The number of nitrogens with zero attached hydrogens (tertiary/aromatic N) is 4. The molecule has 0 aliphatic rings. The number of aromatic nitrogens is 4. The van der Waals surface area contributed by atoms with E-state index in [0.717, 1.165) is 0 Å². The molecule has 0 bridgehead atoms. The molecule has 2 heterocycles. The van der Waals surface area contributed by atoms with Gasteiger partial charge in [-0.2, -0.15) is 62.7 Å². The summed E-state index contributed by atoms with van der Waals surface area (Å²) < 4.78 is 170. The monoisotopic (exact) mass is 688 g/mol. The summed E-state index contributed by atoms with van der Waals surface area (Å²) in [6, 6.07) is 10.8. The van der Waals surface area contributed by atoms with Crippen LogP contribution in [0.5, 0.6) is 0 Å². The summed E-state index contributed by atoms with van der Waals surface area (Å²) >= 11 is 0. The van der Waals surface area contributed by atoms with Gasteiger partial charge < -0.3 is 9.05 Å². The molecular formula is C30H12F12N4O2. The second kappa shape index (κ2) is 11.1. The van der Waals surface area contributed by atoms with Crippen LogP contribution in [0, 0.1) is 0 Å². The molecule has 4 aromatic carbocycles. The van der Waals surface area contributed by atoms with Crippen molar-refractivity contribution >= 4 is 10.8 Å². The molecule has 18 heteroatoms. The molecular weight excluding hydrogens is 676 g/mol. The molecule has 0 amide bonds. The Morgan fingerprint density at radius 2 is 0.917 bits per heavy atom. The number of halogens is 12. The van der Waals surface area contributed by atoms with Crippen LogP contribution in [0.1, 0.15) is 22.3 Å². The maximum absolute atomic E-state index is 13.6. The SMILES string of the molecule is FC(F)(F)c1cc(-c2noc(-c3ccc4cc(-c5noc(-c6ccc(C(F)(F)F)cc6C(F)(F)F)n5)ccc4c3)n2)cc(C(F)(F)F)c1. The normalized spacial score (nSPS) is 13.0. The van der Waals surface area contributed by atoms with Crippen molar-refractivity contribution in [2.75, 3.05) is 0 Å². The number of alkyl halides is 12. The van der Waals surface area contributed by atoms with E-state index in [4.69, 9.17) is 9.05 Å². The average molecular weight is 688 g/mol. The Kier molecular flexibility index (Phi) is 7.51. The van der Waals surface area contributed by atoms with Gasteiger partial charge in [-0.15, -0.1) is 0 Å². The lowest BCUT2D eigenvalue weighted by atomic mass is 10.0. The van der Waals surface area contributed by atoms with Crippen LogP contribution in [0.3, 0.4) is 0 Å². The predicted molar refractivity (Wildman–Crippen MR) is 141 cm³/mol. The van der Waals surface area contributed by atoms with E-state index in [1.54, 1.807) is 0 Å². The Morgan fingerprint density at radius 1 is 0.417 bits per heavy atom. The highest BCUT2D eigenvalue weighted by Gasteiger charge is 2.40. The van der Waals surface area contributed by atoms with Gasteiger partial charge in [0.15, 0.2) is 0 Å². The smallest absolute Gasteiger partial charge is 0.334 e. The molecule has 0 aliphatic heterocycles. The Morgan fingerprint density at radius 3 is 1.48 bits per heavy atom. The van der Waals surface area contributed by atoms with Gasteiger partial charge in [0, 0.05) is 16.7 Å². The Hall–Kier alpha value is -5.42. The zero-order valence-electron chi connectivity index (χ0n) is 23.1. The Labute approximate surface area is 258 Å². The number of fused-ring (bicyclic) bond motifs is 1. The van der Waals surface area contributed by atoms with Gasteiger partial charge in [-0.1, -0.05) is 28.5 Å². The van der Waals surface area contributed by atoms with Gasteiger partial charge in [-0.05, 0) is 65.4 Å². The van der Waals surface area contributed by atoms with Crippen LogP contribution in [0.15, 0.2) is 81.8 Å². The fraction of sp³-hybridized carbons (Fsp3) is 0.133. The van der Waals surface area contributed by atoms with Crippen LogP contribution in [0.4, 0.5) is 52.7 Å². The number of hydrogen-bond acceptors (Lipinski definition) is 6. The lowest BCUT2D eigenvalue weighted by molar-refractivity contribution is -0.144. The zero-order valence-corrected chi connectivity index (χ0v) is 23.1. The summed E-state index contributed by atoms with van der Waals surface area (Å²) in [7, 11) is 0. The van der Waals surface area contributed by atoms with E-state index in [-0.39, 0.29) is 35.0 Å². The topological polar surface area (TPSA) is 77.8 Å².